The van der Waals surface area contributed by atoms with Crippen LogP contribution in [0.15, 0.2) is 18.2 Å². The molecule has 1 atom stereocenters. The average Bonchev–Trinajstić information content (AvgIpc) is 3.29. The number of rotatable bonds is 5. The van der Waals surface area contributed by atoms with E-state index in [0.717, 1.165) is 31.5 Å². The highest BCUT2D eigenvalue weighted by atomic mass is 19.4. The van der Waals surface area contributed by atoms with Crippen molar-refractivity contribution in [1.82, 2.24) is 9.80 Å². The van der Waals surface area contributed by atoms with E-state index in [1.807, 2.05) is 7.05 Å². The Morgan fingerprint density at radius 2 is 2.07 bits per heavy atom. The molecule has 0 radical (unpaired) electrons. The third kappa shape index (κ3) is 3.90. The fourth-order valence-electron chi connectivity index (χ4n) is 3.91. The predicted molar refractivity (Wildman–Crippen MR) is 91.7 cm³/mol. The molecule has 1 aliphatic carbocycles. The Morgan fingerprint density at radius 3 is 2.59 bits per heavy atom. The number of halogens is 4. The predicted octanol–water partition coefficient (Wildman–Crippen LogP) is 4.39. The molecule has 0 aromatic heterocycles. The van der Waals surface area contributed by atoms with E-state index in [9.17, 15) is 22.4 Å². The lowest BCUT2D eigenvalue weighted by Crippen LogP contribution is -2.47. The number of hydrogen-bond donors (Lipinski definition) is 0. The van der Waals surface area contributed by atoms with Crippen molar-refractivity contribution in [2.75, 3.05) is 26.7 Å². The molecule has 0 spiro atoms. The Kier molecular flexibility index (Phi) is 5.38. The van der Waals surface area contributed by atoms with Gasteiger partial charge >= 0.3 is 12.3 Å². The number of nitrogens with zero attached hydrogens (tertiary/aromatic N) is 2. The average molecular weight is 388 g/mol. The summed E-state index contributed by atoms with van der Waals surface area (Å²) in [6.07, 6.45) is -2.32. The summed E-state index contributed by atoms with van der Waals surface area (Å²) < 4.78 is 58.3. The van der Waals surface area contributed by atoms with Crippen molar-refractivity contribution in [3.8, 4) is 0 Å². The summed E-state index contributed by atoms with van der Waals surface area (Å²) in [6.45, 7) is 3.18. The number of carbonyl (C=O) groups is 1. The van der Waals surface area contributed by atoms with Crippen LogP contribution in [-0.4, -0.2) is 48.7 Å². The van der Waals surface area contributed by atoms with Crippen LogP contribution in [0.25, 0.3) is 0 Å². The number of ether oxygens (including phenoxy) is 1. The van der Waals surface area contributed by atoms with Gasteiger partial charge in [0.1, 0.15) is 5.82 Å². The Balaban J connectivity index is 1.95. The van der Waals surface area contributed by atoms with E-state index in [1.165, 1.54) is 6.07 Å². The number of carbonyl (C=O) groups excluding carboxylic acids is 1. The molecule has 1 heterocycles. The Hall–Kier alpha value is -1.83. The molecule has 1 aromatic rings. The Morgan fingerprint density at radius 1 is 1.37 bits per heavy atom. The first-order chi connectivity index (χ1) is 12.7. The molecule has 8 heteroatoms. The van der Waals surface area contributed by atoms with Gasteiger partial charge in [0.05, 0.1) is 17.7 Å². The minimum Gasteiger partial charge on any atom is -0.450 e. The number of benzene rings is 1. The molecule has 0 bridgehead atoms. The van der Waals surface area contributed by atoms with Gasteiger partial charge in [-0.1, -0.05) is 6.07 Å². The van der Waals surface area contributed by atoms with Crippen LogP contribution in [0.5, 0.6) is 0 Å². The molecule has 27 heavy (non-hydrogen) atoms. The fraction of sp³-hybridized carbons (Fsp3) is 0.632. The van der Waals surface area contributed by atoms with E-state index in [0.29, 0.717) is 24.9 Å². The molecule has 0 N–H and O–H groups in total. The van der Waals surface area contributed by atoms with Crippen molar-refractivity contribution < 1.29 is 27.1 Å². The monoisotopic (exact) mass is 388 g/mol. The van der Waals surface area contributed by atoms with E-state index in [1.54, 1.807) is 11.8 Å². The van der Waals surface area contributed by atoms with Crippen LogP contribution < -0.4 is 0 Å². The molecule has 2 fully saturated rings. The maximum atomic E-state index is 13.7. The highest BCUT2D eigenvalue weighted by molar-refractivity contribution is 5.70. The lowest BCUT2D eigenvalue weighted by atomic mass is 9.99. The zero-order valence-electron chi connectivity index (χ0n) is 15.5. The highest BCUT2D eigenvalue weighted by Gasteiger charge is 2.53. The van der Waals surface area contributed by atoms with E-state index in [4.69, 9.17) is 4.74 Å². The second kappa shape index (κ2) is 7.30. The first-order valence-corrected chi connectivity index (χ1v) is 9.21. The van der Waals surface area contributed by atoms with Crippen LogP contribution in [0.1, 0.15) is 43.7 Å². The maximum absolute atomic E-state index is 13.7. The van der Waals surface area contributed by atoms with Gasteiger partial charge in [-0.2, -0.15) is 13.2 Å². The van der Waals surface area contributed by atoms with Crippen molar-refractivity contribution in [2.45, 2.75) is 50.4 Å². The zero-order valence-corrected chi connectivity index (χ0v) is 15.5. The van der Waals surface area contributed by atoms with E-state index in [-0.39, 0.29) is 12.6 Å². The quantitative estimate of drug-likeness (QED) is 0.702. The summed E-state index contributed by atoms with van der Waals surface area (Å²) in [6, 6.07) is 3.16. The largest absolute Gasteiger partial charge is 0.450 e. The Labute approximate surface area is 156 Å². The molecule has 1 saturated heterocycles. The van der Waals surface area contributed by atoms with Gasteiger partial charge < -0.3 is 9.64 Å². The minimum atomic E-state index is -4.78. The molecular formula is C19H24F4N2O2. The minimum absolute atomic E-state index is 0.134. The van der Waals surface area contributed by atoms with Gasteiger partial charge in [-0.15, -0.1) is 0 Å². The molecule has 1 aliphatic heterocycles. The number of amides is 1. The first kappa shape index (κ1) is 19.9. The molecule has 0 unspecified atom stereocenters. The van der Waals surface area contributed by atoms with Gasteiger partial charge in [0.15, 0.2) is 0 Å². The first-order valence-electron chi connectivity index (χ1n) is 9.21. The molecule has 1 amide bonds. The number of likely N-dealkylation sites (tertiary alicyclic amines) is 1. The van der Waals surface area contributed by atoms with E-state index in [2.05, 4.69) is 4.90 Å². The molecule has 150 valence electrons. The second-order valence-corrected chi connectivity index (χ2v) is 7.31. The summed E-state index contributed by atoms with van der Waals surface area (Å²) in [4.78, 5) is 16.3. The summed E-state index contributed by atoms with van der Waals surface area (Å²) in [5.41, 5.74) is -1.85. The summed E-state index contributed by atoms with van der Waals surface area (Å²) in [7, 11) is 1.97. The topological polar surface area (TPSA) is 32.8 Å². The molecule has 1 saturated carbocycles. The van der Waals surface area contributed by atoms with Gasteiger partial charge in [0.25, 0.3) is 0 Å². The van der Waals surface area contributed by atoms with Crippen molar-refractivity contribution in [2.24, 2.45) is 0 Å². The number of likely N-dealkylation sites (N-methyl/N-ethyl adjacent to an activating group) is 1. The van der Waals surface area contributed by atoms with Gasteiger partial charge in [-0.25, -0.2) is 9.18 Å². The molecule has 2 aliphatic rings. The third-order valence-corrected chi connectivity index (χ3v) is 5.60. The van der Waals surface area contributed by atoms with Crippen molar-refractivity contribution in [1.29, 1.82) is 0 Å². The highest BCUT2D eigenvalue weighted by Crippen LogP contribution is 2.52. The summed E-state index contributed by atoms with van der Waals surface area (Å²) in [5.74, 6) is -1.31. The normalized spacial score (nSPS) is 21.9. The summed E-state index contributed by atoms with van der Waals surface area (Å²) in [5, 5.41) is 0. The van der Waals surface area contributed by atoms with Crippen molar-refractivity contribution in [3.63, 3.8) is 0 Å². The smallest absolute Gasteiger partial charge is 0.419 e. The standard InChI is InChI=1S/C19H24F4N2O2/c1-3-27-17(26)25(12-14-5-4-10-24(14)2)18(8-9-18)13-6-7-16(20)15(11-13)19(21,22)23/h6-7,11,14H,3-5,8-10,12H2,1-2H3/t14-/m0/s1. The van der Waals surface area contributed by atoms with Crippen LogP contribution in [0, 0.1) is 5.82 Å². The maximum Gasteiger partial charge on any atom is 0.419 e. The second-order valence-electron chi connectivity index (χ2n) is 7.31. The zero-order chi connectivity index (χ0) is 19.8. The van der Waals surface area contributed by atoms with E-state index >= 15 is 0 Å². The van der Waals surface area contributed by atoms with Gasteiger partial charge in [-0.05, 0) is 63.9 Å². The fourth-order valence-corrected chi connectivity index (χ4v) is 3.91. The van der Waals surface area contributed by atoms with Crippen LogP contribution in [0.4, 0.5) is 22.4 Å². The molecule has 1 aromatic carbocycles. The van der Waals surface area contributed by atoms with Crippen LogP contribution in [0.3, 0.4) is 0 Å². The van der Waals surface area contributed by atoms with Gasteiger partial charge in [0, 0.05) is 12.6 Å². The molecule has 4 nitrogen and oxygen atoms in total. The van der Waals surface area contributed by atoms with Crippen molar-refractivity contribution >= 4 is 6.09 Å². The number of alkyl halides is 3. The Bertz CT molecular complexity index is 703. The van der Waals surface area contributed by atoms with Gasteiger partial charge in [0.2, 0.25) is 0 Å². The van der Waals surface area contributed by atoms with Crippen LogP contribution >= 0.6 is 0 Å². The van der Waals surface area contributed by atoms with Crippen LogP contribution in [-0.2, 0) is 16.5 Å². The lowest BCUT2D eigenvalue weighted by Gasteiger charge is -2.35. The molecular weight excluding hydrogens is 364 g/mol. The lowest BCUT2D eigenvalue weighted by molar-refractivity contribution is -0.140. The van der Waals surface area contributed by atoms with Crippen LogP contribution in [0.2, 0.25) is 0 Å². The SMILES string of the molecule is CCOC(=O)N(C[C@@H]1CCCN1C)C1(c2ccc(F)c(C(F)(F)F)c2)CC1. The van der Waals surface area contributed by atoms with Gasteiger partial charge in [-0.3, -0.25) is 4.90 Å². The third-order valence-electron chi connectivity index (χ3n) is 5.60. The summed E-state index contributed by atoms with van der Waals surface area (Å²) >= 11 is 0. The number of hydrogen-bond acceptors (Lipinski definition) is 3. The molecule has 3 rings (SSSR count). The van der Waals surface area contributed by atoms with E-state index < -0.39 is 29.2 Å². The van der Waals surface area contributed by atoms with Crippen molar-refractivity contribution in [3.05, 3.63) is 35.1 Å².